The Labute approximate surface area is 164 Å². The van der Waals surface area contributed by atoms with Gasteiger partial charge in [0.15, 0.2) is 22.4 Å². The van der Waals surface area contributed by atoms with Gasteiger partial charge in [-0.1, -0.05) is 18.5 Å². The number of ketones is 1. The Balaban J connectivity index is 2.04. The summed E-state index contributed by atoms with van der Waals surface area (Å²) in [7, 11) is 0. The van der Waals surface area contributed by atoms with Crippen LogP contribution in [0.5, 0.6) is 11.5 Å². The van der Waals surface area contributed by atoms with Gasteiger partial charge in [0.25, 0.3) is 0 Å². The largest absolute Gasteiger partial charge is 0.490 e. The molecule has 0 saturated heterocycles. The zero-order chi connectivity index (χ0) is 18.7. The molecule has 1 aromatic rings. The number of benzene rings is 1. The molecule has 140 valence electrons. The number of carbonyl (C=O) groups is 1. The summed E-state index contributed by atoms with van der Waals surface area (Å²) in [5.74, 6) is 1.26. The summed E-state index contributed by atoms with van der Waals surface area (Å²) in [5.41, 5.74) is 2.50. The van der Waals surface area contributed by atoms with Gasteiger partial charge < -0.3 is 20.1 Å². The number of thiocarbonyl (C=S) groups is 1. The molecule has 1 unspecified atom stereocenters. The smallest absolute Gasteiger partial charge is 0.179 e. The lowest BCUT2D eigenvalue weighted by atomic mass is 9.85. The molecule has 0 fully saturated rings. The van der Waals surface area contributed by atoms with Crippen LogP contribution in [0.2, 0.25) is 5.02 Å². The summed E-state index contributed by atoms with van der Waals surface area (Å²) in [4.78, 5) is 12.6. The van der Waals surface area contributed by atoms with E-state index in [2.05, 4.69) is 10.6 Å². The second kappa shape index (κ2) is 8.27. The van der Waals surface area contributed by atoms with E-state index in [0.29, 0.717) is 41.3 Å². The maximum atomic E-state index is 12.6. The summed E-state index contributed by atoms with van der Waals surface area (Å²) in [6, 6.07) is 3.38. The average molecular weight is 395 g/mol. The van der Waals surface area contributed by atoms with Crippen LogP contribution in [0.4, 0.5) is 0 Å². The van der Waals surface area contributed by atoms with Crippen molar-refractivity contribution in [3.63, 3.8) is 0 Å². The molecule has 0 spiro atoms. The molecule has 5 nitrogen and oxygen atoms in total. The van der Waals surface area contributed by atoms with Gasteiger partial charge in [0.2, 0.25) is 0 Å². The Kier molecular flexibility index (Phi) is 6.04. The Morgan fingerprint density at radius 1 is 1.27 bits per heavy atom. The molecule has 0 amide bonds. The lowest BCUT2D eigenvalue weighted by molar-refractivity contribution is -0.116. The van der Waals surface area contributed by atoms with Crippen molar-refractivity contribution in [3.05, 3.63) is 34.0 Å². The van der Waals surface area contributed by atoms with Gasteiger partial charge in [-0.2, -0.15) is 0 Å². The third-order valence-corrected chi connectivity index (χ3v) is 4.90. The first-order valence-electron chi connectivity index (χ1n) is 8.97. The predicted molar refractivity (Wildman–Crippen MR) is 106 cm³/mol. The number of carbonyl (C=O) groups excluding carboxylic acids is 1. The SMILES string of the molecule is CCCOc1c(Cl)cc(C2NC(=S)NC3=C2C(=O)CCC3)cc1OCC. The van der Waals surface area contributed by atoms with Crippen molar-refractivity contribution in [1.82, 2.24) is 10.6 Å². The van der Waals surface area contributed by atoms with Gasteiger partial charge >= 0.3 is 0 Å². The molecule has 1 aliphatic carbocycles. The summed E-state index contributed by atoms with van der Waals surface area (Å²) >= 11 is 11.8. The highest BCUT2D eigenvalue weighted by atomic mass is 35.5. The fourth-order valence-electron chi connectivity index (χ4n) is 3.32. The second-order valence-corrected chi connectivity index (χ2v) is 7.13. The molecule has 0 aromatic heterocycles. The van der Waals surface area contributed by atoms with Gasteiger partial charge in [-0.25, -0.2) is 0 Å². The van der Waals surface area contributed by atoms with Crippen LogP contribution in [-0.4, -0.2) is 24.1 Å². The molecular formula is C19H23ClN2O3S. The molecule has 1 aromatic carbocycles. The van der Waals surface area contributed by atoms with E-state index in [1.807, 2.05) is 26.0 Å². The predicted octanol–water partition coefficient (Wildman–Crippen LogP) is 4.05. The van der Waals surface area contributed by atoms with Gasteiger partial charge in [0.05, 0.1) is 24.3 Å². The maximum absolute atomic E-state index is 12.6. The van der Waals surface area contributed by atoms with Gasteiger partial charge in [-0.3, -0.25) is 4.79 Å². The number of Topliss-reactive ketones (excluding diaryl/α,β-unsaturated/α-hetero) is 1. The van der Waals surface area contributed by atoms with Crippen LogP contribution in [0, 0.1) is 0 Å². The van der Waals surface area contributed by atoms with Crippen molar-refractivity contribution < 1.29 is 14.3 Å². The van der Waals surface area contributed by atoms with E-state index in [1.54, 1.807) is 0 Å². The fraction of sp³-hybridized carbons (Fsp3) is 0.474. The number of allylic oxidation sites excluding steroid dienone is 1. The molecule has 3 rings (SSSR count). The topological polar surface area (TPSA) is 59.6 Å². The second-order valence-electron chi connectivity index (χ2n) is 6.31. The Bertz CT molecular complexity index is 763. The molecule has 2 aliphatic rings. The van der Waals surface area contributed by atoms with Crippen molar-refractivity contribution in [2.24, 2.45) is 0 Å². The zero-order valence-electron chi connectivity index (χ0n) is 15.0. The minimum absolute atomic E-state index is 0.138. The number of hydrogen-bond donors (Lipinski definition) is 2. The third kappa shape index (κ3) is 3.81. The summed E-state index contributed by atoms with van der Waals surface area (Å²) in [6.07, 6.45) is 3.09. The van der Waals surface area contributed by atoms with Crippen LogP contribution >= 0.6 is 23.8 Å². The molecule has 26 heavy (non-hydrogen) atoms. The molecule has 7 heteroatoms. The Morgan fingerprint density at radius 2 is 2.08 bits per heavy atom. The monoisotopic (exact) mass is 394 g/mol. The van der Waals surface area contributed by atoms with Crippen molar-refractivity contribution in [3.8, 4) is 11.5 Å². The van der Waals surface area contributed by atoms with Crippen LogP contribution < -0.4 is 20.1 Å². The minimum atomic E-state index is -0.330. The first kappa shape index (κ1) is 19.0. The van der Waals surface area contributed by atoms with E-state index in [9.17, 15) is 4.79 Å². The Morgan fingerprint density at radius 3 is 2.81 bits per heavy atom. The quantitative estimate of drug-likeness (QED) is 0.710. The first-order valence-corrected chi connectivity index (χ1v) is 9.76. The van der Waals surface area contributed by atoms with E-state index in [0.717, 1.165) is 36.1 Å². The number of ether oxygens (including phenoxy) is 2. The van der Waals surface area contributed by atoms with Gasteiger partial charge in [-0.05, 0) is 56.1 Å². The molecule has 1 heterocycles. The van der Waals surface area contributed by atoms with Gasteiger partial charge in [0.1, 0.15) is 0 Å². The number of nitrogens with one attached hydrogen (secondary N) is 2. The van der Waals surface area contributed by atoms with Crippen LogP contribution in [0.15, 0.2) is 23.4 Å². The zero-order valence-corrected chi connectivity index (χ0v) is 16.6. The normalized spacial score (nSPS) is 19.6. The third-order valence-electron chi connectivity index (χ3n) is 4.40. The lowest BCUT2D eigenvalue weighted by Crippen LogP contribution is -2.46. The van der Waals surface area contributed by atoms with E-state index < -0.39 is 0 Å². The molecular weight excluding hydrogens is 372 g/mol. The highest BCUT2D eigenvalue weighted by Crippen LogP contribution is 2.41. The Hall–Kier alpha value is -1.79. The van der Waals surface area contributed by atoms with Crippen LogP contribution in [0.3, 0.4) is 0 Å². The highest BCUT2D eigenvalue weighted by Gasteiger charge is 2.34. The highest BCUT2D eigenvalue weighted by molar-refractivity contribution is 7.80. The lowest BCUT2D eigenvalue weighted by Gasteiger charge is -2.34. The van der Waals surface area contributed by atoms with Crippen molar-refractivity contribution >= 4 is 34.7 Å². The molecule has 1 aliphatic heterocycles. The first-order chi connectivity index (χ1) is 12.5. The molecule has 0 saturated carbocycles. The minimum Gasteiger partial charge on any atom is -0.490 e. The van der Waals surface area contributed by atoms with Crippen LogP contribution in [0.1, 0.15) is 51.1 Å². The molecule has 1 atom stereocenters. The molecule has 0 bridgehead atoms. The standard InChI is InChI=1S/C19H23ClN2O3S/c1-3-8-25-18-12(20)9-11(10-15(18)24-4-2)17-16-13(21-19(26)22-17)6-5-7-14(16)23/h9-10,17H,3-8H2,1-2H3,(H2,21,22,26). The van der Waals surface area contributed by atoms with Gasteiger partial charge in [-0.15, -0.1) is 0 Å². The number of rotatable bonds is 6. The van der Waals surface area contributed by atoms with E-state index >= 15 is 0 Å². The van der Waals surface area contributed by atoms with Crippen molar-refractivity contribution in [2.45, 2.75) is 45.6 Å². The van der Waals surface area contributed by atoms with Crippen LogP contribution in [0.25, 0.3) is 0 Å². The van der Waals surface area contributed by atoms with Gasteiger partial charge in [0, 0.05) is 17.7 Å². The van der Waals surface area contributed by atoms with Crippen molar-refractivity contribution in [2.75, 3.05) is 13.2 Å². The summed E-state index contributed by atoms with van der Waals surface area (Å²) in [6.45, 7) is 4.99. The van der Waals surface area contributed by atoms with Crippen LogP contribution in [-0.2, 0) is 4.79 Å². The summed E-state index contributed by atoms with van der Waals surface area (Å²) in [5, 5.41) is 7.33. The van der Waals surface area contributed by atoms with E-state index in [1.165, 1.54) is 0 Å². The fourth-order valence-corrected chi connectivity index (χ4v) is 3.83. The average Bonchev–Trinajstić information content (AvgIpc) is 2.60. The summed E-state index contributed by atoms with van der Waals surface area (Å²) < 4.78 is 11.5. The van der Waals surface area contributed by atoms with E-state index in [-0.39, 0.29) is 11.8 Å². The van der Waals surface area contributed by atoms with Crippen molar-refractivity contribution in [1.29, 1.82) is 0 Å². The maximum Gasteiger partial charge on any atom is 0.179 e. The number of halogens is 1. The molecule has 2 N–H and O–H groups in total. The molecule has 0 radical (unpaired) electrons. The van der Waals surface area contributed by atoms with E-state index in [4.69, 9.17) is 33.3 Å². The number of hydrogen-bond acceptors (Lipinski definition) is 4.